The van der Waals surface area contributed by atoms with Crippen LogP contribution in [-0.2, 0) is 17.5 Å². The van der Waals surface area contributed by atoms with E-state index in [1.165, 1.54) is 18.5 Å². The standard InChI is InChI=1S/C27H27F5N6O3S/c1-15-3-2-8-38(15)14-20-22(16-4-5-18(28)17(11-16)27(30,31)32)35-25(42-20)36-23(39)19-12-34-21(13-33-19)37-9-6-26(29,7-10-37)24(40)41/h4-5,11-13,15H,2-3,6-10,14H2,1H3,(H,40,41)(H,35,36,39)/t15-/m1/s1. The first-order chi connectivity index (χ1) is 19.8. The second-order valence-corrected chi connectivity index (χ2v) is 11.5. The molecule has 0 bridgehead atoms. The van der Waals surface area contributed by atoms with E-state index in [0.717, 1.165) is 42.9 Å². The molecule has 0 aliphatic carbocycles. The summed E-state index contributed by atoms with van der Waals surface area (Å²) in [6, 6.07) is 2.97. The number of halogens is 5. The highest BCUT2D eigenvalue weighted by Crippen LogP contribution is 2.38. The maximum absolute atomic E-state index is 14.3. The van der Waals surface area contributed by atoms with Crippen molar-refractivity contribution in [2.75, 3.05) is 29.9 Å². The Balaban J connectivity index is 1.35. The lowest BCUT2D eigenvalue weighted by molar-refractivity contribution is -0.152. The molecule has 2 fully saturated rings. The molecule has 42 heavy (non-hydrogen) atoms. The molecule has 0 saturated carbocycles. The molecule has 1 aromatic carbocycles. The topological polar surface area (TPSA) is 112 Å². The molecule has 224 valence electrons. The van der Waals surface area contributed by atoms with Crippen LogP contribution in [0.3, 0.4) is 0 Å². The summed E-state index contributed by atoms with van der Waals surface area (Å²) in [6.07, 6.45) is -0.811. The molecule has 2 aliphatic rings. The summed E-state index contributed by atoms with van der Waals surface area (Å²) in [5, 5.41) is 11.8. The molecule has 3 aromatic rings. The molecule has 0 radical (unpaired) electrons. The minimum absolute atomic E-state index is 0.0614. The van der Waals surface area contributed by atoms with Crippen LogP contribution in [0, 0.1) is 5.82 Å². The Morgan fingerprint density at radius 1 is 1.17 bits per heavy atom. The maximum Gasteiger partial charge on any atom is 0.419 e. The van der Waals surface area contributed by atoms with E-state index < -0.39 is 35.1 Å². The summed E-state index contributed by atoms with van der Waals surface area (Å²) < 4.78 is 68.6. The van der Waals surface area contributed by atoms with Crippen molar-refractivity contribution in [2.24, 2.45) is 0 Å². The highest BCUT2D eigenvalue weighted by Gasteiger charge is 2.42. The fourth-order valence-electron chi connectivity index (χ4n) is 5.11. The van der Waals surface area contributed by atoms with Crippen molar-refractivity contribution in [3.05, 3.63) is 52.5 Å². The van der Waals surface area contributed by atoms with Crippen molar-refractivity contribution >= 4 is 34.2 Å². The van der Waals surface area contributed by atoms with E-state index >= 15 is 0 Å². The van der Waals surface area contributed by atoms with Gasteiger partial charge in [-0.1, -0.05) is 11.3 Å². The summed E-state index contributed by atoms with van der Waals surface area (Å²) in [4.78, 5) is 41.3. The molecule has 15 heteroatoms. The predicted octanol–water partition coefficient (Wildman–Crippen LogP) is 5.39. The van der Waals surface area contributed by atoms with Crippen molar-refractivity contribution < 1.29 is 36.6 Å². The average Bonchev–Trinajstić information content (AvgIpc) is 3.54. The number of thiazole rings is 1. The first kappa shape index (κ1) is 29.8. The molecule has 2 aliphatic heterocycles. The van der Waals surface area contributed by atoms with Crippen molar-refractivity contribution in [1.29, 1.82) is 0 Å². The molecule has 2 N–H and O–H groups in total. The van der Waals surface area contributed by atoms with E-state index in [4.69, 9.17) is 5.11 Å². The van der Waals surface area contributed by atoms with Crippen molar-refractivity contribution in [3.8, 4) is 11.3 Å². The normalized spacial score (nSPS) is 19.2. The number of carboxylic acid groups (broad SMARTS) is 1. The lowest BCUT2D eigenvalue weighted by Gasteiger charge is -2.34. The number of anilines is 2. The van der Waals surface area contributed by atoms with Crippen molar-refractivity contribution in [1.82, 2.24) is 19.9 Å². The van der Waals surface area contributed by atoms with E-state index in [1.54, 1.807) is 4.90 Å². The van der Waals surface area contributed by atoms with Crippen LogP contribution < -0.4 is 10.2 Å². The van der Waals surface area contributed by atoms with Gasteiger partial charge >= 0.3 is 12.1 Å². The maximum atomic E-state index is 14.3. The third-order valence-corrected chi connectivity index (χ3v) is 8.59. The molecule has 2 saturated heterocycles. The minimum Gasteiger partial charge on any atom is -0.479 e. The van der Waals surface area contributed by atoms with Gasteiger partial charge in [0.05, 0.1) is 23.7 Å². The third-order valence-electron chi connectivity index (χ3n) is 7.63. The monoisotopic (exact) mass is 610 g/mol. The van der Waals surface area contributed by atoms with E-state index in [-0.39, 0.29) is 54.1 Å². The lowest BCUT2D eigenvalue weighted by atomic mass is 9.93. The SMILES string of the molecule is C[C@@H]1CCCN1Cc1sc(NC(=O)c2cnc(N3CCC(F)(C(=O)O)CC3)cn2)nc1-c1ccc(F)c(C(F)(F)F)c1. The fourth-order valence-corrected chi connectivity index (χ4v) is 6.11. The van der Waals surface area contributed by atoms with Gasteiger partial charge in [-0.25, -0.2) is 28.5 Å². The molecule has 5 rings (SSSR count). The molecular formula is C27H27F5N6O3S. The Labute approximate surface area is 241 Å². The molecule has 1 atom stereocenters. The van der Waals surface area contributed by atoms with Gasteiger partial charge in [-0.05, 0) is 44.5 Å². The average molecular weight is 611 g/mol. The summed E-state index contributed by atoms with van der Waals surface area (Å²) >= 11 is 1.11. The van der Waals surface area contributed by atoms with Crippen LogP contribution in [0.25, 0.3) is 11.3 Å². The molecule has 4 heterocycles. The Hall–Kier alpha value is -3.72. The number of carboxylic acids is 1. The van der Waals surface area contributed by atoms with E-state index in [9.17, 15) is 31.5 Å². The number of rotatable bonds is 7. The van der Waals surface area contributed by atoms with E-state index in [2.05, 4.69) is 32.1 Å². The zero-order valence-corrected chi connectivity index (χ0v) is 23.2. The van der Waals surface area contributed by atoms with Gasteiger partial charge in [0.15, 0.2) is 5.13 Å². The number of nitrogens with one attached hydrogen (secondary N) is 1. The molecular weight excluding hydrogens is 583 g/mol. The number of hydrogen-bond donors (Lipinski definition) is 2. The Kier molecular flexibility index (Phi) is 8.16. The van der Waals surface area contributed by atoms with Crippen LogP contribution in [0.1, 0.15) is 53.5 Å². The lowest BCUT2D eigenvalue weighted by Crippen LogP contribution is -2.46. The van der Waals surface area contributed by atoms with Gasteiger partial charge < -0.3 is 10.0 Å². The van der Waals surface area contributed by atoms with Crippen LogP contribution in [0.5, 0.6) is 0 Å². The highest BCUT2D eigenvalue weighted by atomic mass is 32.1. The number of carbonyl (C=O) groups excluding carboxylic acids is 1. The predicted molar refractivity (Wildman–Crippen MR) is 145 cm³/mol. The summed E-state index contributed by atoms with van der Waals surface area (Å²) in [7, 11) is 0. The Morgan fingerprint density at radius 3 is 2.50 bits per heavy atom. The number of benzene rings is 1. The summed E-state index contributed by atoms with van der Waals surface area (Å²) in [5.74, 6) is -3.18. The van der Waals surface area contributed by atoms with E-state index in [0.29, 0.717) is 17.2 Å². The number of likely N-dealkylation sites (tertiary alicyclic amines) is 1. The Bertz CT molecular complexity index is 1470. The third kappa shape index (κ3) is 6.21. The minimum atomic E-state index is -4.89. The van der Waals surface area contributed by atoms with Crippen LogP contribution in [-0.4, -0.2) is 68.2 Å². The number of carbonyl (C=O) groups is 2. The van der Waals surface area contributed by atoms with Crippen molar-refractivity contribution in [2.45, 2.75) is 57.0 Å². The van der Waals surface area contributed by atoms with Gasteiger partial charge in [0.1, 0.15) is 17.3 Å². The summed E-state index contributed by atoms with van der Waals surface area (Å²) in [6.45, 7) is 3.49. The number of alkyl halides is 4. The summed E-state index contributed by atoms with van der Waals surface area (Å²) in [5.41, 5.74) is -3.45. The molecule has 0 unspecified atom stereocenters. The van der Waals surface area contributed by atoms with Gasteiger partial charge in [0.2, 0.25) is 5.67 Å². The number of hydrogen-bond acceptors (Lipinski definition) is 8. The zero-order chi connectivity index (χ0) is 30.2. The molecule has 0 spiro atoms. The van der Waals surface area contributed by atoms with Gasteiger partial charge in [0, 0.05) is 49.0 Å². The second kappa shape index (κ2) is 11.5. The molecule has 2 aromatic heterocycles. The van der Waals surface area contributed by atoms with E-state index in [1.807, 2.05) is 0 Å². The molecule has 9 nitrogen and oxygen atoms in total. The largest absolute Gasteiger partial charge is 0.479 e. The Morgan fingerprint density at radius 2 is 1.90 bits per heavy atom. The van der Waals surface area contributed by atoms with Crippen LogP contribution in [0.15, 0.2) is 30.6 Å². The quantitative estimate of drug-likeness (QED) is 0.343. The number of aromatic nitrogens is 3. The van der Waals surface area contributed by atoms with Gasteiger partial charge in [-0.3, -0.25) is 15.0 Å². The highest BCUT2D eigenvalue weighted by molar-refractivity contribution is 7.16. The fraction of sp³-hybridized carbons (Fsp3) is 0.444. The van der Waals surface area contributed by atoms with Gasteiger partial charge in [-0.2, -0.15) is 13.2 Å². The number of amides is 1. The first-order valence-corrected chi connectivity index (χ1v) is 14.1. The smallest absolute Gasteiger partial charge is 0.419 e. The second-order valence-electron chi connectivity index (χ2n) is 10.4. The number of aliphatic carboxylic acids is 1. The van der Waals surface area contributed by atoms with Crippen LogP contribution >= 0.6 is 11.3 Å². The number of nitrogens with zero attached hydrogens (tertiary/aromatic N) is 5. The van der Waals surface area contributed by atoms with Gasteiger partial charge in [0.25, 0.3) is 5.91 Å². The van der Waals surface area contributed by atoms with Crippen LogP contribution in [0.4, 0.5) is 32.9 Å². The first-order valence-electron chi connectivity index (χ1n) is 13.3. The van der Waals surface area contributed by atoms with Crippen LogP contribution in [0.2, 0.25) is 0 Å². The van der Waals surface area contributed by atoms with Gasteiger partial charge in [-0.15, -0.1) is 0 Å². The zero-order valence-electron chi connectivity index (χ0n) is 22.4. The number of piperidine rings is 1. The molecule has 1 amide bonds. The van der Waals surface area contributed by atoms with Crippen molar-refractivity contribution in [3.63, 3.8) is 0 Å².